The number of nitro groups is 1. The van der Waals surface area contributed by atoms with Crippen molar-refractivity contribution in [3.63, 3.8) is 0 Å². The highest BCUT2D eigenvalue weighted by Crippen LogP contribution is 2.26. The molecule has 1 aromatic carbocycles. The maximum Gasteiger partial charge on any atom is 0.305 e. The van der Waals surface area contributed by atoms with Crippen molar-refractivity contribution in [2.75, 3.05) is 6.61 Å². The molecule has 8 nitrogen and oxygen atoms in total. The number of nitro benzene ring substituents is 1. The Hall–Kier alpha value is -2.60. The molecule has 0 aliphatic rings. The van der Waals surface area contributed by atoms with E-state index in [4.69, 9.17) is 10.3 Å². The zero-order chi connectivity index (χ0) is 15.7. The summed E-state index contributed by atoms with van der Waals surface area (Å²) in [6, 6.07) is 5.42. The minimum absolute atomic E-state index is 0.0592. The van der Waals surface area contributed by atoms with E-state index in [0.29, 0.717) is 25.0 Å². The Morgan fingerprint density at radius 2 is 2.33 bits per heavy atom. The van der Waals surface area contributed by atoms with E-state index in [0.717, 1.165) is 0 Å². The molecule has 21 heavy (non-hydrogen) atoms. The molecule has 112 valence electrons. The lowest BCUT2D eigenvalue weighted by Crippen LogP contribution is -2.04. The highest BCUT2D eigenvalue weighted by atomic mass is 16.6. The molecule has 0 aliphatic heterocycles. The Morgan fingerprint density at radius 1 is 1.57 bits per heavy atom. The maximum atomic E-state index is 11.2. The van der Waals surface area contributed by atoms with E-state index < -0.39 is 11.0 Å². The number of hydrogen-bond donors (Lipinski definition) is 0. The first-order valence-corrected chi connectivity index (χ1v) is 6.52. The van der Waals surface area contributed by atoms with Crippen molar-refractivity contribution in [3.05, 3.63) is 50.4 Å². The summed E-state index contributed by atoms with van der Waals surface area (Å²) < 4.78 is 4.81. The molecule has 0 aliphatic carbocycles. The average molecular weight is 292 g/mol. The van der Waals surface area contributed by atoms with Crippen LogP contribution in [0.15, 0.2) is 29.4 Å². The number of carbonyl (C=O) groups excluding carboxylic acids is 1. The van der Waals surface area contributed by atoms with E-state index >= 15 is 0 Å². The van der Waals surface area contributed by atoms with Gasteiger partial charge in [-0.25, -0.2) is 0 Å². The van der Waals surface area contributed by atoms with Gasteiger partial charge in [-0.05, 0) is 30.9 Å². The summed E-state index contributed by atoms with van der Waals surface area (Å²) >= 11 is 0. The third-order valence-electron chi connectivity index (χ3n) is 2.82. The zero-order valence-electron chi connectivity index (χ0n) is 11.6. The summed E-state index contributed by atoms with van der Waals surface area (Å²) in [6.45, 7) is 2.05. The lowest BCUT2D eigenvalue weighted by atomic mass is 10.0. The van der Waals surface area contributed by atoms with Gasteiger partial charge in [-0.15, -0.1) is 0 Å². The van der Waals surface area contributed by atoms with Crippen molar-refractivity contribution in [2.45, 2.75) is 32.2 Å². The molecule has 0 fully saturated rings. The number of nitrogens with zero attached hydrogens (tertiary/aromatic N) is 4. The van der Waals surface area contributed by atoms with Gasteiger partial charge in [0, 0.05) is 23.5 Å². The lowest BCUT2D eigenvalue weighted by Gasteiger charge is -2.11. The molecule has 1 atom stereocenters. The fraction of sp³-hybridized carbons (Fsp3) is 0.462. The number of benzene rings is 1. The minimum atomic E-state index is -0.538. The molecule has 8 heteroatoms. The van der Waals surface area contributed by atoms with Gasteiger partial charge in [0.15, 0.2) is 0 Å². The summed E-state index contributed by atoms with van der Waals surface area (Å²) in [7, 11) is 0. The average Bonchev–Trinajstić information content (AvgIpc) is 2.47. The molecule has 0 spiro atoms. The second kappa shape index (κ2) is 8.55. The molecule has 0 saturated carbocycles. The number of rotatable bonds is 8. The Morgan fingerprint density at radius 3 is 2.95 bits per heavy atom. The molecule has 0 N–H and O–H groups in total. The van der Waals surface area contributed by atoms with Crippen LogP contribution in [0.25, 0.3) is 10.4 Å². The number of non-ortho nitro benzene ring substituents is 1. The first-order chi connectivity index (χ1) is 10.1. The van der Waals surface area contributed by atoms with Crippen LogP contribution in [0.2, 0.25) is 0 Å². The van der Waals surface area contributed by atoms with Crippen molar-refractivity contribution in [1.29, 1.82) is 0 Å². The Bertz CT molecular complexity index is 555. The Labute approximate surface area is 121 Å². The molecule has 0 heterocycles. The summed E-state index contributed by atoms with van der Waals surface area (Å²) in [4.78, 5) is 24.3. The van der Waals surface area contributed by atoms with Crippen LogP contribution in [-0.2, 0) is 9.53 Å². The molecule has 0 aromatic heterocycles. The van der Waals surface area contributed by atoms with Crippen molar-refractivity contribution in [1.82, 2.24) is 0 Å². The fourth-order valence-corrected chi connectivity index (χ4v) is 1.87. The van der Waals surface area contributed by atoms with Crippen LogP contribution in [0.4, 0.5) is 5.69 Å². The monoisotopic (exact) mass is 292 g/mol. The van der Waals surface area contributed by atoms with Gasteiger partial charge in [-0.3, -0.25) is 14.9 Å². The van der Waals surface area contributed by atoms with Crippen LogP contribution in [-0.4, -0.2) is 17.5 Å². The number of carbonyl (C=O) groups is 1. The molecule has 1 rings (SSSR count). The van der Waals surface area contributed by atoms with Gasteiger partial charge in [-0.2, -0.15) is 0 Å². The molecule has 1 unspecified atom stereocenters. The van der Waals surface area contributed by atoms with Crippen LogP contribution in [0.5, 0.6) is 0 Å². The van der Waals surface area contributed by atoms with Gasteiger partial charge in [0.1, 0.15) is 0 Å². The zero-order valence-corrected chi connectivity index (χ0v) is 11.6. The van der Waals surface area contributed by atoms with Crippen molar-refractivity contribution >= 4 is 11.7 Å². The SMILES string of the molecule is CCOC(=O)CCCC(N=[N+]=[N-])c1cccc([N+](=O)[O-])c1. The largest absolute Gasteiger partial charge is 0.466 e. The van der Waals surface area contributed by atoms with Crippen molar-refractivity contribution in [3.8, 4) is 0 Å². The van der Waals surface area contributed by atoms with E-state index in [2.05, 4.69) is 10.0 Å². The van der Waals surface area contributed by atoms with Crippen molar-refractivity contribution in [2.24, 2.45) is 5.11 Å². The van der Waals surface area contributed by atoms with Crippen LogP contribution in [0.1, 0.15) is 37.8 Å². The predicted octanol–water partition coefficient (Wildman–Crippen LogP) is 3.68. The highest BCUT2D eigenvalue weighted by Gasteiger charge is 2.14. The minimum Gasteiger partial charge on any atom is -0.466 e. The van der Waals surface area contributed by atoms with Gasteiger partial charge in [-0.1, -0.05) is 17.2 Å². The fourth-order valence-electron chi connectivity index (χ4n) is 1.87. The van der Waals surface area contributed by atoms with E-state index in [1.54, 1.807) is 19.1 Å². The van der Waals surface area contributed by atoms with Gasteiger partial charge in [0.25, 0.3) is 5.69 Å². The summed E-state index contributed by atoms with van der Waals surface area (Å²) in [5.41, 5.74) is 9.10. The van der Waals surface area contributed by atoms with Gasteiger partial charge in [0.2, 0.25) is 0 Å². The van der Waals surface area contributed by atoms with Gasteiger partial charge in [0.05, 0.1) is 17.6 Å². The van der Waals surface area contributed by atoms with E-state index in [1.165, 1.54) is 12.1 Å². The van der Waals surface area contributed by atoms with E-state index in [9.17, 15) is 14.9 Å². The third kappa shape index (κ3) is 5.50. The Balaban J connectivity index is 2.73. The molecular formula is C13H16N4O4. The predicted molar refractivity (Wildman–Crippen MR) is 75.5 cm³/mol. The normalized spacial score (nSPS) is 11.3. The molecule has 0 amide bonds. The molecule has 0 saturated heterocycles. The highest BCUT2D eigenvalue weighted by molar-refractivity contribution is 5.69. The lowest BCUT2D eigenvalue weighted by molar-refractivity contribution is -0.384. The van der Waals surface area contributed by atoms with E-state index in [-0.39, 0.29) is 18.1 Å². The number of ether oxygens (including phenoxy) is 1. The number of hydrogen-bond acceptors (Lipinski definition) is 5. The second-order valence-corrected chi connectivity index (χ2v) is 4.27. The number of esters is 1. The topological polar surface area (TPSA) is 118 Å². The van der Waals surface area contributed by atoms with Crippen LogP contribution in [0, 0.1) is 10.1 Å². The molecule has 0 radical (unpaired) electrons. The maximum absolute atomic E-state index is 11.2. The third-order valence-corrected chi connectivity index (χ3v) is 2.82. The smallest absolute Gasteiger partial charge is 0.305 e. The van der Waals surface area contributed by atoms with Crippen molar-refractivity contribution < 1.29 is 14.5 Å². The summed E-state index contributed by atoms with van der Waals surface area (Å²) in [5.74, 6) is -0.309. The standard InChI is InChI=1S/C13H16N4O4/c1-2-21-13(18)8-4-7-12(15-16-14)10-5-3-6-11(9-10)17(19)20/h3,5-6,9,12H,2,4,7-8H2,1H3. The second-order valence-electron chi connectivity index (χ2n) is 4.27. The van der Waals surface area contributed by atoms with Crippen LogP contribution < -0.4 is 0 Å². The summed E-state index contributed by atoms with van der Waals surface area (Å²) in [5, 5.41) is 14.4. The first-order valence-electron chi connectivity index (χ1n) is 6.52. The molecular weight excluding hydrogens is 276 g/mol. The molecule has 0 bridgehead atoms. The molecule has 1 aromatic rings. The van der Waals surface area contributed by atoms with Gasteiger partial charge >= 0.3 is 5.97 Å². The first kappa shape index (κ1) is 16.5. The summed E-state index contributed by atoms with van der Waals surface area (Å²) in [6.07, 6.45) is 1.12. The van der Waals surface area contributed by atoms with Gasteiger partial charge < -0.3 is 4.74 Å². The quantitative estimate of drug-likeness (QED) is 0.181. The Kier molecular flexibility index (Phi) is 6.70. The number of azide groups is 1. The van der Waals surface area contributed by atoms with E-state index in [1.807, 2.05) is 0 Å². The van der Waals surface area contributed by atoms with Crippen LogP contribution in [0.3, 0.4) is 0 Å². The van der Waals surface area contributed by atoms with Crippen LogP contribution >= 0.6 is 0 Å².